The minimum Gasteiger partial charge on any atom is -0.383 e. The molecule has 1 aliphatic carbocycles. The minimum absolute atomic E-state index is 0.0177. The molecule has 0 saturated carbocycles. The van der Waals surface area contributed by atoms with Crippen LogP contribution in [0.3, 0.4) is 0 Å². The lowest BCUT2D eigenvalue weighted by Crippen LogP contribution is -2.45. The second-order valence-electron chi connectivity index (χ2n) is 6.78. The van der Waals surface area contributed by atoms with Gasteiger partial charge in [0.25, 0.3) is 0 Å². The SMILES string of the molecule is [N-]=[N+]=NC[C@@]1(O)CC[C@@](F)(C(=O)CCc2ccc(Cl)cc2Cl)c2cccnc21. The van der Waals surface area contributed by atoms with E-state index in [4.69, 9.17) is 28.7 Å². The number of carbonyl (C=O) groups excluding carboxylic acids is 1. The smallest absolute Gasteiger partial charge is 0.195 e. The van der Waals surface area contributed by atoms with E-state index in [0.717, 1.165) is 0 Å². The number of aromatic nitrogens is 1. The summed E-state index contributed by atoms with van der Waals surface area (Å²) in [6, 6.07) is 7.89. The summed E-state index contributed by atoms with van der Waals surface area (Å²) in [6.45, 7) is -0.280. The summed E-state index contributed by atoms with van der Waals surface area (Å²) in [6.07, 6.45) is 1.29. The fourth-order valence-corrected chi connectivity index (χ4v) is 3.99. The van der Waals surface area contributed by atoms with Crippen molar-refractivity contribution >= 4 is 29.0 Å². The van der Waals surface area contributed by atoms with Gasteiger partial charge in [-0.1, -0.05) is 40.4 Å². The summed E-state index contributed by atoms with van der Waals surface area (Å²) in [5.41, 5.74) is 5.43. The van der Waals surface area contributed by atoms with Gasteiger partial charge in [0, 0.05) is 33.1 Å². The largest absolute Gasteiger partial charge is 0.383 e. The quantitative estimate of drug-likeness (QED) is 0.400. The molecule has 2 aromatic rings. The zero-order valence-corrected chi connectivity index (χ0v) is 16.3. The van der Waals surface area contributed by atoms with E-state index in [1.54, 1.807) is 18.2 Å². The van der Waals surface area contributed by atoms with Crippen molar-refractivity contribution in [3.8, 4) is 0 Å². The van der Waals surface area contributed by atoms with Crippen molar-refractivity contribution in [2.45, 2.75) is 37.0 Å². The minimum atomic E-state index is -2.27. The van der Waals surface area contributed by atoms with Crippen molar-refractivity contribution in [2.24, 2.45) is 5.11 Å². The van der Waals surface area contributed by atoms with Crippen LogP contribution in [0.4, 0.5) is 4.39 Å². The van der Waals surface area contributed by atoms with E-state index in [2.05, 4.69) is 15.0 Å². The van der Waals surface area contributed by atoms with Gasteiger partial charge < -0.3 is 5.11 Å². The third kappa shape index (κ3) is 3.84. The highest BCUT2D eigenvalue weighted by molar-refractivity contribution is 6.35. The van der Waals surface area contributed by atoms with Crippen LogP contribution in [0.15, 0.2) is 41.6 Å². The van der Waals surface area contributed by atoms with E-state index in [1.807, 2.05) is 0 Å². The Hall–Kier alpha value is -2.18. The molecule has 0 bridgehead atoms. The summed E-state index contributed by atoms with van der Waals surface area (Å²) >= 11 is 12.0. The number of rotatable bonds is 6. The first-order valence-corrected chi connectivity index (χ1v) is 9.41. The Labute approximate surface area is 170 Å². The van der Waals surface area contributed by atoms with E-state index in [9.17, 15) is 9.90 Å². The normalized spacial score (nSPS) is 23.6. The van der Waals surface area contributed by atoms with Crippen molar-refractivity contribution in [1.29, 1.82) is 0 Å². The Morgan fingerprint density at radius 1 is 1.36 bits per heavy atom. The molecule has 6 nitrogen and oxygen atoms in total. The number of hydrogen-bond donors (Lipinski definition) is 1. The van der Waals surface area contributed by atoms with E-state index in [1.165, 1.54) is 18.3 Å². The van der Waals surface area contributed by atoms with E-state index in [-0.39, 0.29) is 43.5 Å². The van der Waals surface area contributed by atoms with Gasteiger partial charge in [-0.25, -0.2) is 4.39 Å². The van der Waals surface area contributed by atoms with Crippen molar-refractivity contribution in [3.63, 3.8) is 0 Å². The Morgan fingerprint density at radius 3 is 2.86 bits per heavy atom. The molecular formula is C19H17Cl2FN4O2. The highest BCUT2D eigenvalue weighted by atomic mass is 35.5. The molecule has 146 valence electrons. The number of halogens is 3. The maximum absolute atomic E-state index is 15.8. The van der Waals surface area contributed by atoms with Crippen LogP contribution in [-0.4, -0.2) is 22.4 Å². The lowest BCUT2D eigenvalue weighted by Gasteiger charge is -2.39. The number of hydrogen-bond acceptors (Lipinski definition) is 4. The van der Waals surface area contributed by atoms with Crippen LogP contribution >= 0.6 is 23.2 Å². The second-order valence-corrected chi connectivity index (χ2v) is 7.62. The average molecular weight is 423 g/mol. The summed E-state index contributed by atoms with van der Waals surface area (Å²) in [4.78, 5) is 19.6. The Morgan fingerprint density at radius 2 is 2.14 bits per heavy atom. The highest BCUT2D eigenvalue weighted by Gasteiger charge is 2.51. The molecule has 0 radical (unpaired) electrons. The zero-order chi connectivity index (χ0) is 20.4. The fourth-order valence-electron chi connectivity index (χ4n) is 3.49. The Bertz CT molecular complexity index is 967. The number of fused-ring (bicyclic) bond motifs is 1. The van der Waals surface area contributed by atoms with Crippen LogP contribution in [0.5, 0.6) is 0 Å². The molecule has 0 unspecified atom stereocenters. The average Bonchev–Trinajstić information content (AvgIpc) is 2.69. The molecule has 28 heavy (non-hydrogen) atoms. The number of aryl methyl sites for hydroxylation is 1. The molecule has 0 spiro atoms. The molecule has 1 heterocycles. The third-order valence-electron chi connectivity index (χ3n) is 5.03. The van der Waals surface area contributed by atoms with Crippen molar-refractivity contribution in [3.05, 3.63) is 73.8 Å². The first kappa shape index (κ1) is 20.6. The van der Waals surface area contributed by atoms with Gasteiger partial charge in [0.1, 0.15) is 5.60 Å². The number of carbonyl (C=O) groups is 1. The van der Waals surface area contributed by atoms with Crippen LogP contribution in [0.25, 0.3) is 10.4 Å². The number of ketones is 1. The first-order chi connectivity index (χ1) is 13.3. The topological polar surface area (TPSA) is 99.0 Å². The van der Waals surface area contributed by atoms with Crippen LogP contribution in [0, 0.1) is 0 Å². The predicted octanol–water partition coefficient (Wildman–Crippen LogP) is 5.05. The summed E-state index contributed by atoms with van der Waals surface area (Å²) in [5.74, 6) is -0.612. The molecule has 1 aliphatic rings. The van der Waals surface area contributed by atoms with Crippen molar-refractivity contribution in [2.75, 3.05) is 6.54 Å². The second kappa shape index (κ2) is 8.05. The summed E-state index contributed by atoms with van der Waals surface area (Å²) < 4.78 is 15.8. The van der Waals surface area contributed by atoms with Gasteiger partial charge in [0.05, 0.1) is 12.2 Å². The van der Waals surface area contributed by atoms with Gasteiger partial charge in [-0.3, -0.25) is 9.78 Å². The van der Waals surface area contributed by atoms with E-state index < -0.39 is 17.1 Å². The van der Waals surface area contributed by atoms with Crippen LogP contribution in [-0.2, 0) is 22.5 Å². The molecule has 1 N–H and O–H groups in total. The standard InChI is InChI=1S/C19H17Cl2FN4O2/c20-13-5-3-12(15(21)10-13)4-6-16(27)19(22)8-7-18(28,11-25-26-23)17-14(19)2-1-9-24-17/h1-3,5,9-10,28H,4,6-8,11H2/t18-,19-/m0/s1. The first-order valence-electron chi connectivity index (χ1n) is 8.65. The van der Waals surface area contributed by atoms with Crippen LogP contribution in [0.2, 0.25) is 10.0 Å². The number of alkyl halides is 1. The maximum atomic E-state index is 15.8. The molecule has 1 aromatic heterocycles. The number of benzene rings is 1. The highest BCUT2D eigenvalue weighted by Crippen LogP contribution is 2.46. The van der Waals surface area contributed by atoms with Gasteiger partial charge in [0.2, 0.25) is 0 Å². The number of Topliss-reactive ketones (excluding diaryl/α,β-unsaturated/α-hetero) is 1. The number of nitrogens with zero attached hydrogens (tertiary/aromatic N) is 4. The summed E-state index contributed by atoms with van der Waals surface area (Å²) in [7, 11) is 0. The monoisotopic (exact) mass is 422 g/mol. The maximum Gasteiger partial charge on any atom is 0.195 e. The molecule has 1 aromatic carbocycles. The molecule has 2 atom stereocenters. The third-order valence-corrected chi connectivity index (χ3v) is 5.62. The van der Waals surface area contributed by atoms with E-state index in [0.29, 0.717) is 15.6 Å². The predicted molar refractivity (Wildman–Crippen MR) is 104 cm³/mol. The van der Waals surface area contributed by atoms with Gasteiger partial charge >= 0.3 is 0 Å². The molecule has 0 amide bonds. The number of azide groups is 1. The number of pyridine rings is 1. The van der Waals surface area contributed by atoms with Crippen LogP contribution in [0.1, 0.15) is 36.1 Å². The van der Waals surface area contributed by atoms with E-state index >= 15 is 4.39 Å². The lowest BCUT2D eigenvalue weighted by atomic mass is 9.72. The molecular weight excluding hydrogens is 406 g/mol. The zero-order valence-electron chi connectivity index (χ0n) is 14.8. The van der Waals surface area contributed by atoms with Gasteiger partial charge in [-0.05, 0) is 48.6 Å². The van der Waals surface area contributed by atoms with Gasteiger partial charge in [-0.15, -0.1) is 0 Å². The molecule has 3 rings (SSSR count). The van der Waals surface area contributed by atoms with Crippen LogP contribution < -0.4 is 0 Å². The Kier molecular flexibility index (Phi) is 5.91. The molecule has 9 heteroatoms. The Balaban J connectivity index is 1.87. The fraction of sp³-hybridized carbons (Fsp3) is 0.368. The van der Waals surface area contributed by atoms with Crippen molar-refractivity contribution < 1.29 is 14.3 Å². The lowest BCUT2D eigenvalue weighted by molar-refractivity contribution is -0.134. The van der Waals surface area contributed by atoms with Crippen molar-refractivity contribution in [1.82, 2.24) is 4.98 Å². The van der Waals surface area contributed by atoms with Gasteiger partial charge in [0.15, 0.2) is 11.5 Å². The molecule has 0 fully saturated rings. The molecule has 0 aliphatic heterocycles. The summed E-state index contributed by atoms with van der Waals surface area (Å²) in [5, 5.41) is 15.1. The molecule has 0 saturated heterocycles. The number of aliphatic hydroxyl groups is 1. The van der Waals surface area contributed by atoms with Gasteiger partial charge in [-0.2, -0.15) is 0 Å².